The van der Waals surface area contributed by atoms with Crippen molar-refractivity contribution in [2.24, 2.45) is 5.92 Å². The number of hydrogen-bond donors (Lipinski definition) is 0. The van der Waals surface area contributed by atoms with E-state index in [0.29, 0.717) is 31.5 Å². The molecule has 0 radical (unpaired) electrons. The molecule has 1 aromatic rings. The van der Waals surface area contributed by atoms with E-state index in [9.17, 15) is 9.18 Å². The molecule has 1 atom stereocenters. The van der Waals surface area contributed by atoms with E-state index in [4.69, 9.17) is 5.26 Å². The van der Waals surface area contributed by atoms with Crippen molar-refractivity contribution in [1.82, 2.24) is 9.80 Å². The summed E-state index contributed by atoms with van der Waals surface area (Å²) in [6, 6.07) is 7.94. The Labute approximate surface area is 124 Å². The van der Waals surface area contributed by atoms with Crippen molar-refractivity contribution in [1.29, 1.82) is 5.26 Å². The topological polar surface area (TPSA) is 47.3 Å². The summed E-state index contributed by atoms with van der Waals surface area (Å²) in [4.78, 5) is 16.3. The van der Waals surface area contributed by atoms with Gasteiger partial charge in [-0.15, -0.1) is 0 Å². The highest BCUT2D eigenvalue weighted by molar-refractivity contribution is 5.83. The minimum absolute atomic E-state index is 0.0259. The van der Waals surface area contributed by atoms with E-state index in [0.717, 1.165) is 0 Å². The lowest BCUT2D eigenvalue weighted by atomic mass is 9.97. The average Bonchev–Trinajstić information content (AvgIpc) is 2.47. The summed E-state index contributed by atoms with van der Waals surface area (Å²) >= 11 is 0. The predicted octanol–water partition coefficient (Wildman–Crippen LogP) is 2.19. The monoisotopic (exact) mass is 289 g/mol. The van der Waals surface area contributed by atoms with Gasteiger partial charge in [0.1, 0.15) is 11.9 Å². The molecule has 1 fully saturated rings. The SMILES string of the molecule is CN(C)[C@@H](C(=O)N1CCC(C#N)CC1)c1cccc(F)c1. The van der Waals surface area contributed by atoms with Crippen molar-refractivity contribution in [2.45, 2.75) is 18.9 Å². The molecule has 1 aliphatic rings. The maximum absolute atomic E-state index is 13.4. The molecule has 0 unspecified atom stereocenters. The number of carbonyl (C=O) groups excluding carboxylic acids is 1. The highest BCUT2D eigenvalue weighted by Crippen LogP contribution is 2.25. The summed E-state index contributed by atoms with van der Waals surface area (Å²) in [6.45, 7) is 1.19. The molecule has 0 N–H and O–H groups in total. The normalized spacial score (nSPS) is 17.6. The Morgan fingerprint density at radius 1 is 1.43 bits per heavy atom. The van der Waals surface area contributed by atoms with Crippen LogP contribution in [0.1, 0.15) is 24.4 Å². The van der Waals surface area contributed by atoms with Crippen LogP contribution in [0.25, 0.3) is 0 Å². The van der Waals surface area contributed by atoms with Crippen molar-refractivity contribution in [2.75, 3.05) is 27.2 Å². The second kappa shape index (κ2) is 6.68. The molecule has 1 heterocycles. The number of halogens is 1. The van der Waals surface area contributed by atoms with Gasteiger partial charge in [-0.3, -0.25) is 9.69 Å². The van der Waals surface area contributed by atoms with Crippen LogP contribution in [0.2, 0.25) is 0 Å². The molecule has 0 aromatic heterocycles. The van der Waals surface area contributed by atoms with Gasteiger partial charge in [0.15, 0.2) is 0 Å². The fraction of sp³-hybridized carbons (Fsp3) is 0.500. The molecule has 4 nitrogen and oxygen atoms in total. The zero-order chi connectivity index (χ0) is 15.4. The Bertz CT molecular complexity index is 545. The van der Waals surface area contributed by atoms with Crippen molar-refractivity contribution in [3.05, 3.63) is 35.6 Å². The molecule has 1 amide bonds. The Hall–Kier alpha value is -1.93. The molecule has 21 heavy (non-hydrogen) atoms. The quantitative estimate of drug-likeness (QED) is 0.857. The summed E-state index contributed by atoms with van der Waals surface area (Å²) < 4.78 is 13.4. The molecule has 0 bridgehead atoms. The molecule has 0 saturated carbocycles. The summed E-state index contributed by atoms with van der Waals surface area (Å²) in [6.07, 6.45) is 1.43. The number of piperidine rings is 1. The summed E-state index contributed by atoms with van der Waals surface area (Å²) in [5, 5.41) is 8.92. The van der Waals surface area contributed by atoms with Crippen LogP contribution < -0.4 is 0 Å². The highest BCUT2D eigenvalue weighted by Gasteiger charge is 2.30. The molecule has 0 spiro atoms. The average molecular weight is 289 g/mol. The number of amides is 1. The van der Waals surface area contributed by atoms with Gasteiger partial charge in [-0.05, 0) is 44.6 Å². The smallest absolute Gasteiger partial charge is 0.244 e. The lowest BCUT2D eigenvalue weighted by Crippen LogP contribution is -2.44. The lowest BCUT2D eigenvalue weighted by Gasteiger charge is -2.34. The Morgan fingerprint density at radius 3 is 2.62 bits per heavy atom. The van der Waals surface area contributed by atoms with Crippen molar-refractivity contribution in [3.63, 3.8) is 0 Å². The van der Waals surface area contributed by atoms with Crippen molar-refractivity contribution in [3.8, 4) is 6.07 Å². The summed E-state index contributed by atoms with van der Waals surface area (Å²) in [5.41, 5.74) is 0.660. The summed E-state index contributed by atoms with van der Waals surface area (Å²) in [5.74, 6) is -0.321. The van der Waals surface area contributed by atoms with Gasteiger partial charge < -0.3 is 4.90 Å². The number of hydrogen-bond acceptors (Lipinski definition) is 3. The fourth-order valence-electron chi connectivity index (χ4n) is 2.74. The zero-order valence-electron chi connectivity index (χ0n) is 12.4. The first-order chi connectivity index (χ1) is 10.0. The van der Waals surface area contributed by atoms with Gasteiger partial charge in [0.2, 0.25) is 5.91 Å². The number of benzene rings is 1. The number of nitrogens with zero attached hydrogens (tertiary/aromatic N) is 3. The Morgan fingerprint density at radius 2 is 2.10 bits per heavy atom. The standard InChI is InChI=1S/C16H20FN3O/c1-19(2)15(13-4-3-5-14(17)10-13)16(21)20-8-6-12(11-18)7-9-20/h3-5,10,12,15H,6-9H2,1-2H3/t15-/m1/s1. The van der Waals surface area contributed by atoms with E-state index >= 15 is 0 Å². The molecule has 2 rings (SSSR count). The Kier molecular flexibility index (Phi) is 4.92. The zero-order valence-corrected chi connectivity index (χ0v) is 12.4. The minimum atomic E-state index is -0.487. The maximum Gasteiger partial charge on any atom is 0.244 e. The van der Waals surface area contributed by atoms with Crippen LogP contribution >= 0.6 is 0 Å². The van der Waals surface area contributed by atoms with E-state index in [1.807, 2.05) is 14.1 Å². The van der Waals surface area contributed by atoms with E-state index < -0.39 is 6.04 Å². The van der Waals surface area contributed by atoms with E-state index in [1.54, 1.807) is 21.9 Å². The third-order valence-electron chi connectivity index (χ3n) is 3.90. The molecular formula is C16H20FN3O. The fourth-order valence-corrected chi connectivity index (χ4v) is 2.74. The summed E-state index contributed by atoms with van der Waals surface area (Å²) in [7, 11) is 3.63. The van der Waals surface area contributed by atoms with Crippen LogP contribution in [-0.4, -0.2) is 42.9 Å². The molecule has 0 aliphatic carbocycles. The van der Waals surface area contributed by atoms with Crippen LogP contribution in [0, 0.1) is 23.1 Å². The van der Waals surface area contributed by atoms with Gasteiger partial charge in [-0.25, -0.2) is 4.39 Å². The molecular weight excluding hydrogens is 269 g/mol. The van der Waals surface area contributed by atoms with Gasteiger partial charge >= 0.3 is 0 Å². The largest absolute Gasteiger partial charge is 0.341 e. The van der Waals surface area contributed by atoms with Crippen molar-refractivity contribution >= 4 is 5.91 Å². The molecule has 5 heteroatoms. The number of likely N-dealkylation sites (N-methyl/N-ethyl adjacent to an activating group) is 1. The van der Waals surface area contributed by atoms with Crippen LogP contribution in [0.5, 0.6) is 0 Å². The third kappa shape index (κ3) is 3.59. The van der Waals surface area contributed by atoms with Crippen molar-refractivity contribution < 1.29 is 9.18 Å². The molecule has 1 aromatic carbocycles. The minimum Gasteiger partial charge on any atom is -0.341 e. The van der Waals surface area contributed by atoms with E-state index in [2.05, 4.69) is 6.07 Å². The first-order valence-electron chi connectivity index (χ1n) is 7.13. The van der Waals surface area contributed by atoms with Gasteiger partial charge in [0.05, 0.1) is 6.07 Å². The predicted molar refractivity (Wildman–Crippen MR) is 77.7 cm³/mol. The van der Waals surface area contributed by atoms with Gasteiger partial charge in [0, 0.05) is 19.0 Å². The third-order valence-corrected chi connectivity index (χ3v) is 3.90. The first-order valence-corrected chi connectivity index (χ1v) is 7.13. The van der Waals surface area contributed by atoms with Gasteiger partial charge in [-0.2, -0.15) is 5.26 Å². The van der Waals surface area contributed by atoms with Gasteiger partial charge in [-0.1, -0.05) is 12.1 Å². The molecule has 1 saturated heterocycles. The van der Waals surface area contributed by atoms with E-state index in [-0.39, 0.29) is 17.6 Å². The second-order valence-electron chi connectivity index (χ2n) is 5.65. The lowest BCUT2D eigenvalue weighted by molar-refractivity contribution is -0.137. The number of carbonyl (C=O) groups is 1. The number of rotatable bonds is 3. The second-order valence-corrected chi connectivity index (χ2v) is 5.65. The van der Waals surface area contributed by atoms with Gasteiger partial charge in [0.25, 0.3) is 0 Å². The highest BCUT2D eigenvalue weighted by atomic mass is 19.1. The van der Waals surface area contributed by atoms with Crippen LogP contribution in [0.4, 0.5) is 4.39 Å². The maximum atomic E-state index is 13.4. The Balaban J connectivity index is 2.16. The van der Waals surface area contributed by atoms with Crippen LogP contribution in [-0.2, 0) is 4.79 Å². The number of likely N-dealkylation sites (tertiary alicyclic amines) is 1. The number of nitriles is 1. The van der Waals surface area contributed by atoms with Crippen LogP contribution in [0.15, 0.2) is 24.3 Å². The molecule has 1 aliphatic heterocycles. The first kappa shape index (κ1) is 15.5. The van der Waals surface area contributed by atoms with E-state index in [1.165, 1.54) is 12.1 Å². The molecule has 112 valence electrons. The van der Waals surface area contributed by atoms with Crippen LogP contribution in [0.3, 0.4) is 0 Å².